The highest BCUT2D eigenvalue weighted by Crippen LogP contribution is 2.35. The van der Waals surface area contributed by atoms with E-state index in [0.29, 0.717) is 54.7 Å². The molecule has 1 unspecified atom stereocenters. The molecule has 4 heterocycles. The van der Waals surface area contributed by atoms with E-state index in [2.05, 4.69) is 25.1 Å². The topological polar surface area (TPSA) is 107 Å². The van der Waals surface area contributed by atoms with Gasteiger partial charge in [-0.15, -0.1) is 10.2 Å². The van der Waals surface area contributed by atoms with Gasteiger partial charge in [-0.3, -0.25) is 4.79 Å². The van der Waals surface area contributed by atoms with Crippen molar-refractivity contribution >= 4 is 23.6 Å². The average molecular weight is 440 g/mol. The van der Waals surface area contributed by atoms with Crippen LogP contribution in [0.25, 0.3) is 0 Å². The van der Waals surface area contributed by atoms with Crippen molar-refractivity contribution in [1.82, 2.24) is 25.1 Å². The Morgan fingerprint density at radius 2 is 1.81 bits per heavy atom. The molecule has 5 rings (SSSR count). The van der Waals surface area contributed by atoms with Crippen LogP contribution < -0.4 is 14.4 Å². The van der Waals surface area contributed by atoms with E-state index < -0.39 is 6.10 Å². The Labute approximate surface area is 182 Å². The summed E-state index contributed by atoms with van der Waals surface area (Å²) in [5, 5.41) is 8.43. The molecule has 2 aromatic heterocycles. The summed E-state index contributed by atoms with van der Waals surface area (Å²) in [6, 6.07) is 9.22. The van der Waals surface area contributed by atoms with Crippen LogP contribution in [0.15, 0.2) is 52.4 Å². The highest BCUT2D eigenvalue weighted by Gasteiger charge is 2.28. The molecule has 31 heavy (non-hydrogen) atoms. The van der Waals surface area contributed by atoms with Crippen LogP contribution in [0, 0.1) is 0 Å². The largest absolute Gasteiger partial charge is 0.485 e. The van der Waals surface area contributed by atoms with Crippen molar-refractivity contribution in [3.05, 3.63) is 48.6 Å². The number of anilines is 1. The molecular formula is C20H20N6O4S. The van der Waals surface area contributed by atoms with Gasteiger partial charge in [0.15, 0.2) is 11.5 Å². The maximum atomic E-state index is 12.6. The smallest absolute Gasteiger partial charge is 0.277 e. The fraction of sp³-hybridized carbons (Fsp3) is 0.350. The number of nitrogens with zero attached hydrogens (tertiary/aromatic N) is 6. The van der Waals surface area contributed by atoms with Crippen LogP contribution in [0.3, 0.4) is 0 Å². The van der Waals surface area contributed by atoms with Gasteiger partial charge in [-0.25, -0.2) is 9.97 Å². The number of carbonyl (C=O) groups is 1. The average Bonchev–Trinajstić information content (AvgIpc) is 3.32. The van der Waals surface area contributed by atoms with Crippen molar-refractivity contribution in [3.8, 4) is 11.5 Å². The van der Waals surface area contributed by atoms with Crippen molar-refractivity contribution < 1.29 is 18.7 Å². The van der Waals surface area contributed by atoms with Gasteiger partial charge in [0.25, 0.3) is 11.1 Å². The van der Waals surface area contributed by atoms with E-state index in [1.54, 1.807) is 18.5 Å². The normalized spacial score (nSPS) is 18.1. The Kier molecular flexibility index (Phi) is 5.57. The van der Waals surface area contributed by atoms with Crippen LogP contribution >= 0.6 is 11.8 Å². The van der Waals surface area contributed by atoms with E-state index in [4.69, 9.17) is 13.9 Å². The molecule has 160 valence electrons. The SMILES string of the molecule is O=C(CSc1nnc(C2COc3ccccc3O2)o1)N1CCN(c2ncccn2)CC1. The first kappa shape index (κ1) is 19.6. The van der Waals surface area contributed by atoms with E-state index in [-0.39, 0.29) is 18.3 Å². The zero-order valence-electron chi connectivity index (χ0n) is 16.6. The molecule has 2 aliphatic rings. The van der Waals surface area contributed by atoms with Crippen molar-refractivity contribution in [2.75, 3.05) is 43.4 Å². The molecule has 3 aromatic rings. The summed E-state index contributed by atoms with van der Waals surface area (Å²) in [5.74, 6) is 2.62. The number of hydrogen-bond acceptors (Lipinski definition) is 10. The van der Waals surface area contributed by atoms with Crippen molar-refractivity contribution in [2.24, 2.45) is 0 Å². The summed E-state index contributed by atoms with van der Waals surface area (Å²) in [4.78, 5) is 25.0. The number of carbonyl (C=O) groups excluding carboxylic acids is 1. The number of piperazine rings is 1. The lowest BCUT2D eigenvalue weighted by atomic mass is 10.2. The third kappa shape index (κ3) is 4.41. The predicted molar refractivity (Wildman–Crippen MR) is 111 cm³/mol. The molecule has 0 N–H and O–H groups in total. The Morgan fingerprint density at radius 1 is 1.03 bits per heavy atom. The van der Waals surface area contributed by atoms with Crippen LogP contribution in [0.2, 0.25) is 0 Å². The van der Waals surface area contributed by atoms with Gasteiger partial charge < -0.3 is 23.7 Å². The number of fused-ring (bicyclic) bond motifs is 1. The fourth-order valence-electron chi connectivity index (χ4n) is 3.38. The van der Waals surface area contributed by atoms with Crippen LogP contribution in [-0.2, 0) is 4.79 Å². The number of thioether (sulfide) groups is 1. The summed E-state index contributed by atoms with van der Waals surface area (Å²) in [7, 11) is 0. The van der Waals surface area contributed by atoms with Gasteiger partial charge in [0, 0.05) is 38.6 Å². The Balaban J connectivity index is 1.11. The van der Waals surface area contributed by atoms with Crippen LogP contribution in [0.4, 0.5) is 5.95 Å². The van der Waals surface area contributed by atoms with Gasteiger partial charge in [-0.05, 0) is 18.2 Å². The Hall–Kier alpha value is -3.34. The number of benzene rings is 1. The van der Waals surface area contributed by atoms with Crippen molar-refractivity contribution in [1.29, 1.82) is 0 Å². The minimum atomic E-state index is -0.472. The molecule has 0 bridgehead atoms. The first-order valence-electron chi connectivity index (χ1n) is 9.91. The van der Waals surface area contributed by atoms with E-state index >= 15 is 0 Å². The lowest BCUT2D eigenvalue weighted by Gasteiger charge is -2.34. The molecule has 1 atom stereocenters. The molecular weight excluding hydrogens is 420 g/mol. The Morgan fingerprint density at radius 3 is 2.61 bits per heavy atom. The summed E-state index contributed by atoms with van der Waals surface area (Å²) in [6.07, 6.45) is 2.97. The molecule has 0 radical (unpaired) electrons. The predicted octanol–water partition coefficient (Wildman–Crippen LogP) is 1.81. The minimum absolute atomic E-state index is 0.0320. The molecule has 2 aliphatic heterocycles. The molecule has 0 aliphatic carbocycles. The second-order valence-corrected chi connectivity index (χ2v) is 7.90. The van der Waals surface area contributed by atoms with Gasteiger partial charge >= 0.3 is 0 Å². The van der Waals surface area contributed by atoms with Crippen molar-refractivity contribution in [2.45, 2.75) is 11.3 Å². The van der Waals surface area contributed by atoms with Crippen molar-refractivity contribution in [3.63, 3.8) is 0 Å². The highest BCUT2D eigenvalue weighted by molar-refractivity contribution is 7.99. The molecule has 11 heteroatoms. The molecule has 1 aromatic carbocycles. The molecule has 0 spiro atoms. The maximum absolute atomic E-state index is 12.6. The zero-order chi connectivity index (χ0) is 21.0. The number of rotatable bonds is 5. The van der Waals surface area contributed by atoms with E-state index in [1.807, 2.05) is 29.2 Å². The molecule has 1 saturated heterocycles. The minimum Gasteiger partial charge on any atom is -0.485 e. The zero-order valence-corrected chi connectivity index (χ0v) is 17.4. The molecule has 0 saturated carbocycles. The third-order valence-electron chi connectivity index (χ3n) is 4.99. The van der Waals surface area contributed by atoms with Gasteiger partial charge in [-0.1, -0.05) is 23.9 Å². The number of para-hydroxylation sites is 2. The third-order valence-corrected chi connectivity index (χ3v) is 5.80. The molecule has 1 amide bonds. The molecule has 1 fully saturated rings. The summed E-state index contributed by atoms with van der Waals surface area (Å²) in [5.41, 5.74) is 0. The number of aromatic nitrogens is 4. The quantitative estimate of drug-likeness (QED) is 0.545. The summed E-state index contributed by atoms with van der Waals surface area (Å²) >= 11 is 1.22. The monoisotopic (exact) mass is 440 g/mol. The number of hydrogen-bond donors (Lipinski definition) is 0. The van der Waals surface area contributed by atoms with Crippen LogP contribution in [0.1, 0.15) is 12.0 Å². The van der Waals surface area contributed by atoms with E-state index in [9.17, 15) is 4.79 Å². The standard InChI is InChI=1S/C20H20N6O4S/c27-17(25-8-10-26(11-9-25)19-21-6-3-7-22-19)13-31-20-24-23-18(30-20)16-12-28-14-4-1-2-5-15(14)29-16/h1-7,16H,8-13H2. The lowest BCUT2D eigenvalue weighted by Crippen LogP contribution is -2.49. The van der Waals surface area contributed by atoms with Crippen LogP contribution in [-0.4, -0.2) is 69.5 Å². The van der Waals surface area contributed by atoms with Gasteiger partial charge in [0.05, 0.1) is 5.75 Å². The van der Waals surface area contributed by atoms with Gasteiger partial charge in [-0.2, -0.15) is 0 Å². The number of amides is 1. The van der Waals surface area contributed by atoms with Gasteiger partial charge in [0.2, 0.25) is 18.0 Å². The maximum Gasteiger partial charge on any atom is 0.277 e. The lowest BCUT2D eigenvalue weighted by molar-refractivity contribution is -0.128. The summed E-state index contributed by atoms with van der Waals surface area (Å²) in [6.45, 7) is 2.94. The highest BCUT2D eigenvalue weighted by atomic mass is 32.2. The number of ether oxygens (including phenoxy) is 2. The van der Waals surface area contributed by atoms with E-state index in [1.165, 1.54) is 11.8 Å². The van der Waals surface area contributed by atoms with Gasteiger partial charge in [0.1, 0.15) is 6.61 Å². The van der Waals surface area contributed by atoms with Crippen LogP contribution in [0.5, 0.6) is 11.5 Å². The second-order valence-electron chi connectivity index (χ2n) is 6.98. The molecule has 10 nitrogen and oxygen atoms in total. The second kappa shape index (κ2) is 8.80. The summed E-state index contributed by atoms with van der Waals surface area (Å²) < 4.78 is 17.3. The Bertz CT molecular complexity index is 1040. The first-order valence-corrected chi connectivity index (χ1v) is 10.9. The first-order chi connectivity index (χ1) is 15.3. The fourth-order valence-corrected chi connectivity index (χ4v) is 4.05. The van der Waals surface area contributed by atoms with E-state index in [0.717, 1.165) is 0 Å².